The van der Waals surface area contributed by atoms with Gasteiger partial charge < -0.3 is 4.74 Å². The molecule has 0 saturated heterocycles. The molecule has 2 nitrogen and oxygen atoms in total. The standard InChI is InChI=1S/C15H28O2/c1-5-6-7-8-9-10-11-12-13-17-14(16)15(2,3)4/h10-11H,5-9,12-13H2,1-4H3/b11-10+. The van der Waals surface area contributed by atoms with Gasteiger partial charge in [0.25, 0.3) is 0 Å². The second-order valence-corrected chi connectivity index (χ2v) is 5.50. The van der Waals surface area contributed by atoms with Crippen LogP contribution in [0.3, 0.4) is 0 Å². The molecule has 0 spiro atoms. The van der Waals surface area contributed by atoms with Crippen molar-refractivity contribution in [1.82, 2.24) is 0 Å². The molecular weight excluding hydrogens is 212 g/mol. The van der Waals surface area contributed by atoms with E-state index in [1.165, 1.54) is 25.7 Å². The number of unbranched alkanes of at least 4 members (excludes halogenated alkanes) is 4. The molecule has 0 rings (SSSR count). The lowest BCUT2D eigenvalue weighted by Crippen LogP contribution is -2.23. The Labute approximate surface area is 106 Å². The van der Waals surface area contributed by atoms with Crippen molar-refractivity contribution in [2.75, 3.05) is 6.61 Å². The van der Waals surface area contributed by atoms with Crippen molar-refractivity contribution < 1.29 is 9.53 Å². The Morgan fingerprint density at radius 2 is 1.71 bits per heavy atom. The predicted molar refractivity (Wildman–Crippen MR) is 72.9 cm³/mol. The highest BCUT2D eigenvalue weighted by atomic mass is 16.5. The van der Waals surface area contributed by atoms with Crippen LogP contribution >= 0.6 is 0 Å². The van der Waals surface area contributed by atoms with Crippen LogP contribution in [-0.2, 0) is 9.53 Å². The molecule has 0 aliphatic rings. The van der Waals surface area contributed by atoms with Crippen molar-refractivity contribution >= 4 is 5.97 Å². The number of carbonyl (C=O) groups is 1. The van der Waals surface area contributed by atoms with Crippen LogP contribution in [0.5, 0.6) is 0 Å². The highest BCUT2D eigenvalue weighted by molar-refractivity contribution is 5.75. The zero-order chi connectivity index (χ0) is 13.1. The molecule has 0 radical (unpaired) electrons. The largest absolute Gasteiger partial charge is 0.465 e. The number of esters is 1. The van der Waals surface area contributed by atoms with E-state index >= 15 is 0 Å². The summed E-state index contributed by atoms with van der Waals surface area (Å²) in [5, 5.41) is 0. The smallest absolute Gasteiger partial charge is 0.311 e. The van der Waals surface area contributed by atoms with Crippen molar-refractivity contribution in [2.24, 2.45) is 5.41 Å². The summed E-state index contributed by atoms with van der Waals surface area (Å²) in [5.74, 6) is -0.117. The van der Waals surface area contributed by atoms with Crippen LogP contribution in [0.25, 0.3) is 0 Å². The van der Waals surface area contributed by atoms with Gasteiger partial charge in [-0.25, -0.2) is 0 Å². The first-order chi connectivity index (χ1) is 7.98. The maximum Gasteiger partial charge on any atom is 0.311 e. The van der Waals surface area contributed by atoms with E-state index in [4.69, 9.17) is 4.74 Å². The molecule has 0 bridgehead atoms. The average Bonchev–Trinajstić information content (AvgIpc) is 2.25. The first kappa shape index (κ1) is 16.2. The first-order valence-electron chi connectivity index (χ1n) is 6.80. The molecule has 100 valence electrons. The van der Waals surface area contributed by atoms with E-state index in [2.05, 4.69) is 19.1 Å². The molecule has 0 N–H and O–H groups in total. The zero-order valence-electron chi connectivity index (χ0n) is 11.9. The minimum absolute atomic E-state index is 0.117. The summed E-state index contributed by atoms with van der Waals surface area (Å²) in [6.07, 6.45) is 11.5. The molecule has 0 atom stereocenters. The van der Waals surface area contributed by atoms with E-state index < -0.39 is 0 Å². The number of hydrogen-bond acceptors (Lipinski definition) is 2. The monoisotopic (exact) mass is 240 g/mol. The summed E-state index contributed by atoms with van der Waals surface area (Å²) in [4.78, 5) is 11.4. The summed E-state index contributed by atoms with van der Waals surface area (Å²) < 4.78 is 5.16. The number of carbonyl (C=O) groups excluding carboxylic acids is 1. The van der Waals surface area contributed by atoms with Gasteiger partial charge in [0.05, 0.1) is 12.0 Å². The van der Waals surface area contributed by atoms with Gasteiger partial charge in [-0.1, -0.05) is 38.3 Å². The van der Waals surface area contributed by atoms with Crippen molar-refractivity contribution in [3.05, 3.63) is 12.2 Å². The fourth-order valence-electron chi connectivity index (χ4n) is 1.36. The van der Waals surface area contributed by atoms with Gasteiger partial charge in [0.2, 0.25) is 0 Å². The van der Waals surface area contributed by atoms with Crippen LogP contribution in [0, 0.1) is 5.41 Å². The molecule has 17 heavy (non-hydrogen) atoms. The maximum atomic E-state index is 11.4. The lowest BCUT2D eigenvalue weighted by Gasteiger charge is -2.15. The van der Waals surface area contributed by atoms with Crippen LogP contribution < -0.4 is 0 Å². The highest BCUT2D eigenvalue weighted by Crippen LogP contribution is 2.15. The minimum Gasteiger partial charge on any atom is -0.465 e. The van der Waals surface area contributed by atoms with Gasteiger partial charge in [-0.2, -0.15) is 0 Å². The SMILES string of the molecule is CCCCCC/C=C/CCOC(=O)C(C)(C)C. The average molecular weight is 240 g/mol. The second kappa shape index (κ2) is 9.26. The van der Waals surface area contributed by atoms with Crippen LogP contribution in [-0.4, -0.2) is 12.6 Å². The highest BCUT2D eigenvalue weighted by Gasteiger charge is 2.22. The minimum atomic E-state index is -0.385. The molecule has 0 fully saturated rings. The lowest BCUT2D eigenvalue weighted by molar-refractivity contribution is -0.152. The Morgan fingerprint density at radius 3 is 2.29 bits per heavy atom. The molecule has 0 aliphatic carbocycles. The van der Waals surface area contributed by atoms with Crippen LogP contribution in [0.15, 0.2) is 12.2 Å². The Morgan fingerprint density at radius 1 is 1.06 bits per heavy atom. The summed E-state index contributed by atoms with van der Waals surface area (Å²) >= 11 is 0. The van der Waals surface area contributed by atoms with Gasteiger partial charge in [0.1, 0.15) is 0 Å². The third-order valence-electron chi connectivity index (χ3n) is 2.52. The lowest BCUT2D eigenvalue weighted by atomic mass is 9.97. The molecule has 0 aromatic heterocycles. The third-order valence-corrected chi connectivity index (χ3v) is 2.52. The third kappa shape index (κ3) is 10.1. The van der Waals surface area contributed by atoms with Gasteiger partial charge in [-0.05, 0) is 40.0 Å². The summed E-state index contributed by atoms with van der Waals surface area (Å²) in [6, 6.07) is 0. The maximum absolute atomic E-state index is 11.4. The van der Waals surface area contributed by atoms with Crippen molar-refractivity contribution in [3.8, 4) is 0 Å². The molecular formula is C15H28O2. The number of rotatable bonds is 8. The van der Waals surface area contributed by atoms with Crippen molar-refractivity contribution in [1.29, 1.82) is 0 Å². The van der Waals surface area contributed by atoms with Crippen molar-refractivity contribution in [3.63, 3.8) is 0 Å². The van der Waals surface area contributed by atoms with Crippen LogP contribution in [0.4, 0.5) is 0 Å². The van der Waals surface area contributed by atoms with Crippen LogP contribution in [0.2, 0.25) is 0 Å². The van der Waals surface area contributed by atoms with E-state index in [0.717, 1.165) is 12.8 Å². The fourth-order valence-corrected chi connectivity index (χ4v) is 1.36. The summed E-state index contributed by atoms with van der Waals surface area (Å²) in [5.41, 5.74) is -0.385. The van der Waals surface area contributed by atoms with E-state index in [-0.39, 0.29) is 11.4 Å². The van der Waals surface area contributed by atoms with Gasteiger partial charge in [0, 0.05) is 0 Å². The topological polar surface area (TPSA) is 26.3 Å². The van der Waals surface area contributed by atoms with E-state index in [1.807, 2.05) is 20.8 Å². The quantitative estimate of drug-likeness (QED) is 0.355. The zero-order valence-corrected chi connectivity index (χ0v) is 11.9. The fraction of sp³-hybridized carbons (Fsp3) is 0.800. The molecule has 0 aromatic rings. The molecule has 0 unspecified atom stereocenters. The van der Waals surface area contributed by atoms with Crippen molar-refractivity contribution in [2.45, 2.75) is 66.2 Å². The normalized spacial score (nSPS) is 12.0. The molecule has 0 saturated carbocycles. The van der Waals surface area contributed by atoms with Gasteiger partial charge >= 0.3 is 5.97 Å². The second-order valence-electron chi connectivity index (χ2n) is 5.50. The van der Waals surface area contributed by atoms with E-state index in [0.29, 0.717) is 6.61 Å². The number of ether oxygens (including phenoxy) is 1. The van der Waals surface area contributed by atoms with E-state index in [1.54, 1.807) is 0 Å². The molecule has 0 aromatic carbocycles. The van der Waals surface area contributed by atoms with Gasteiger partial charge in [-0.15, -0.1) is 0 Å². The molecule has 2 heteroatoms. The Kier molecular flexibility index (Phi) is 8.83. The molecule has 0 amide bonds. The molecule has 0 aliphatic heterocycles. The summed E-state index contributed by atoms with van der Waals surface area (Å²) in [7, 11) is 0. The Hall–Kier alpha value is -0.790. The Balaban J connectivity index is 3.39. The molecule has 0 heterocycles. The number of allylic oxidation sites excluding steroid dienone is 1. The Bertz CT molecular complexity index is 224. The van der Waals surface area contributed by atoms with E-state index in [9.17, 15) is 4.79 Å². The summed E-state index contributed by atoms with van der Waals surface area (Å²) in [6.45, 7) is 8.34. The van der Waals surface area contributed by atoms with Gasteiger partial charge in [-0.3, -0.25) is 4.79 Å². The predicted octanol–water partition coefficient (Wildman–Crippen LogP) is 4.49. The van der Waals surface area contributed by atoms with Gasteiger partial charge in [0.15, 0.2) is 0 Å². The first-order valence-corrected chi connectivity index (χ1v) is 6.80. The van der Waals surface area contributed by atoms with Crippen LogP contribution in [0.1, 0.15) is 66.2 Å². The number of hydrogen-bond donors (Lipinski definition) is 0.